The Hall–Kier alpha value is -4.67. The number of nitrogens with zero attached hydrogens (tertiary/aromatic N) is 1. The molecule has 3 aromatic carbocycles. The van der Waals surface area contributed by atoms with Crippen molar-refractivity contribution < 1.29 is 36.8 Å². The van der Waals surface area contributed by atoms with E-state index in [1.54, 1.807) is 26.0 Å². The lowest BCUT2D eigenvalue weighted by molar-refractivity contribution is -0.385. The summed E-state index contributed by atoms with van der Waals surface area (Å²) >= 11 is 0. The second kappa shape index (κ2) is 9.41. The van der Waals surface area contributed by atoms with Gasteiger partial charge in [0.25, 0.3) is 11.4 Å². The standard InChI is InChI=1S/C26H18F3NO7/c1-13-7-8-14(2)20(11-13)36-23-22(31)18-10-9-16(12-21(18)37-24(23)26(27,28)29)35-25(32)17-5-4-6-19(15(17)3)30(33)34/h4-12H,1-3H3. The third-order valence-corrected chi connectivity index (χ3v) is 5.57. The van der Waals surface area contributed by atoms with Crippen molar-refractivity contribution in [3.8, 4) is 17.2 Å². The van der Waals surface area contributed by atoms with Gasteiger partial charge in [-0.15, -0.1) is 0 Å². The Kier molecular flexibility index (Phi) is 6.47. The van der Waals surface area contributed by atoms with E-state index in [1.165, 1.54) is 37.3 Å². The number of rotatable bonds is 5. The lowest BCUT2D eigenvalue weighted by Gasteiger charge is -2.15. The number of nitro groups is 1. The van der Waals surface area contributed by atoms with Gasteiger partial charge in [0.15, 0.2) is 0 Å². The highest BCUT2D eigenvalue weighted by molar-refractivity contribution is 5.94. The van der Waals surface area contributed by atoms with E-state index >= 15 is 0 Å². The summed E-state index contributed by atoms with van der Waals surface area (Å²) in [5.74, 6) is -3.82. The van der Waals surface area contributed by atoms with Crippen LogP contribution in [0.3, 0.4) is 0 Å². The molecule has 0 saturated carbocycles. The summed E-state index contributed by atoms with van der Waals surface area (Å²) in [4.78, 5) is 36.1. The Labute approximate surface area is 207 Å². The van der Waals surface area contributed by atoms with Crippen molar-refractivity contribution in [2.45, 2.75) is 26.9 Å². The molecule has 0 fully saturated rings. The first-order chi connectivity index (χ1) is 17.4. The SMILES string of the molecule is Cc1ccc(C)c(Oc2c(C(F)(F)F)oc3cc(OC(=O)c4cccc([N+](=O)[O-])c4C)ccc3c2=O)c1. The number of esters is 1. The van der Waals surface area contributed by atoms with Crippen LogP contribution in [0.15, 0.2) is 63.8 Å². The second-order valence-electron chi connectivity index (χ2n) is 8.21. The van der Waals surface area contributed by atoms with Gasteiger partial charge in [-0.25, -0.2) is 4.79 Å². The highest BCUT2D eigenvalue weighted by Crippen LogP contribution is 2.39. The molecule has 4 aromatic rings. The smallest absolute Gasteiger partial charge is 0.449 e. The Bertz CT molecular complexity index is 1620. The highest BCUT2D eigenvalue weighted by atomic mass is 19.4. The van der Waals surface area contributed by atoms with Crippen LogP contribution in [0.25, 0.3) is 11.0 Å². The van der Waals surface area contributed by atoms with Crippen LogP contribution in [-0.2, 0) is 6.18 Å². The summed E-state index contributed by atoms with van der Waals surface area (Å²) < 4.78 is 57.3. The molecule has 0 spiro atoms. The molecule has 190 valence electrons. The number of hydrogen-bond acceptors (Lipinski definition) is 7. The van der Waals surface area contributed by atoms with Gasteiger partial charge in [-0.2, -0.15) is 13.2 Å². The number of nitro benzene ring substituents is 1. The number of fused-ring (bicyclic) bond motifs is 1. The normalized spacial score (nSPS) is 11.4. The number of aryl methyl sites for hydroxylation is 2. The lowest BCUT2D eigenvalue weighted by Crippen LogP contribution is -2.16. The predicted octanol–water partition coefficient (Wildman–Crippen LogP) is 6.66. The third-order valence-electron chi connectivity index (χ3n) is 5.57. The highest BCUT2D eigenvalue weighted by Gasteiger charge is 2.40. The van der Waals surface area contributed by atoms with Crippen molar-refractivity contribution in [3.05, 3.63) is 103 Å². The average Bonchev–Trinajstić information content (AvgIpc) is 2.82. The molecule has 0 aliphatic rings. The Balaban J connectivity index is 1.77. The van der Waals surface area contributed by atoms with Gasteiger partial charge in [-0.3, -0.25) is 14.9 Å². The summed E-state index contributed by atoms with van der Waals surface area (Å²) in [5.41, 5.74) is -0.693. The molecule has 0 aliphatic heterocycles. The number of carbonyl (C=O) groups is 1. The number of alkyl halides is 3. The molecular weight excluding hydrogens is 495 g/mol. The molecule has 0 aliphatic carbocycles. The van der Waals surface area contributed by atoms with Crippen LogP contribution in [0.4, 0.5) is 18.9 Å². The van der Waals surface area contributed by atoms with Gasteiger partial charge in [0.1, 0.15) is 17.1 Å². The van der Waals surface area contributed by atoms with Gasteiger partial charge in [-0.1, -0.05) is 18.2 Å². The predicted molar refractivity (Wildman–Crippen MR) is 126 cm³/mol. The minimum Gasteiger partial charge on any atom is -0.449 e. The molecule has 11 heteroatoms. The minimum absolute atomic E-state index is 0.0532. The first-order valence-electron chi connectivity index (χ1n) is 10.8. The van der Waals surface area contributed by atoms with Crippen LogP contribution in [0.5, 0.6) is 17.2 Å². The molecule has 0 unspecified atom stereocenters. The van der Waals surface area contributed by atoms with E-state index in [1.807, 2.05) is 0 Å². The van der Waals surface area contributed by atoms with E-state index in [0.717, 1.165) is 12.1 Å². The lowest BCUT2D eigenvalue weighted by atomic mass is 10.1. The first kappa shape index (κ1) is 25.4. The molecular formula is C26H18F3NO7. The average molecular weight is 513 g/mol. The van der Waals surface area contributed by atoms with Crippen molar-refractivity contribution >= 4 is 22.6 Å². The van der Waals surface area contributed by atoms with Gasteiger partial charge in [0.2, 0.25) is 11.2 Å². The van der Waals surface area contributed by atoms with Crippen molar-refractivity contribution in [2.75, 3.05) is 0 Å². The van der Waals surface area contributed by atoms with Gasteiger partial charge in [0, 0.05) is 17.7 Å². The fourth-order valence-corrected chi connectivity index (χ4v) is 3.63. The van der Waals surface area contributed by atoms with Crippen LogP contribution >= 0.6 is 0 Å². The van der Waals surface area contributed by atoms with E-state index in [4.69, 9.17) is 13.9 Å². The quantitative estimate of drug-likeness (QED) is 0.127. The zero-order valence-corrected chi connectivity index (χ0v) is 19.6. The summed E-state index contributed by atoms with van der Waals surface area (Å²) in [6.45, 7) is 4.70. The van der Waals surface area contributed by atoms with Gasteiger partial charge in [-0.05, 0) is 56.2 Å². The molecule has 0 atom stereocenters. The first-order valence-corrected chi connectivity index (χ1v) is 10.8. The van der Waals surface area contributed by atoms with Crippen molar-refractivity contribution in [1.29, 1.82) is 0 Å². The van der Waals surface area contributed by atoms with E-state index in [9.17, 15) is 32.9 Å². The molecule has 0 saturated heterocycles. The molecule has 8 nitrogen and oxygen atoms in total. The van der Waals surface area contributed by atoms with Crippen molar-refractivity contribution in [1.82, 2.24) is 0 Å². The second-order valence-corrected chi connectivity index (χ2v) is 8.21. The van der Waals surface area contributed by atoms with E-state index in [0.29, 0.717) is 11.1 Å². The number of carbonyl (C=O) groups excluding carboxylic acids is 1. The maximum atomic E-state index is 13.9. The number of hydrogen-bond donors (Lipinski definition) is 0. The summed E-state index contributed by atoms with van der Waals surface area (Å²) in [6.07, 6.45) is -5.08. The molecule has 37 heavy (non-hydrogen) atoms. The molecule has 1 heterocycles. The van der Waals surface area contributed by atoms with Crippen molar-refractivity contribution in [2.24, 2.45) is 0 Å². The number of benzene rings is 3. The fourth-order valence-electron chi connectivity index (χ4n) is 3.63. The zero-order valence-electron chi connectivity index (χ0n) is 19.6. The van der Waals surface area contributed by atoms with Crippen LogP contribution in [-0.4, -0.2) is 10.9 Å². The number of ether oxygens (including phenoxy) is 2. The summed E-state index contributed by atoms with van der Waals surface area (Å²) in [7, 11) is 0. The van der Waals surface area contributed by atoms with Gasteiger partial charge in [0.05, 0.1) is 15.9 Å². The molecule has 0 bridgehead atoms. The molecule has 0 amide bonds. The Morgan fingerprint density at radius 3 is 2.43 bits per heavy atom. The van der Waals surface area contributed by atoms with Crippen LogP contribution in [0, 0.1) is 30.9 Å². The van der Waals surface area contributed by atoms with Gasteiger partial charge < -0.3 is 13.9 Å². The number of halogens is 3. The largest absolute Gasteiger partial charge is 0.453 e. The van der Waals surface area contributed by atoms with E-state index in [2.05, 4.69) is 0 Å². The fraction of sp³-hybridized carbons (Fsp3) is 0.154. The monoisotopic (exact) mass is 513 g/mol. The Morgan fingerprint density at radius 1 is 1.03 bits per heavy atom. The van der Waals surface area contributed by atoms with E-state index in [-0.39, 0.29) is 33.7 Å². The topological polar surface area (TPSA) is 109 Å². The molecule has 0 N–H and O–H groups in total. The van der Waals surface area contributed by atoms with Crippen LogP contribution in [0.2, 0.25) is 0 Å². The molecule has 0 radical (unpaired) electrons. The van der Waals surface area contributed by atoms with Crippen LogP contribution < -0.4 is 14.9 Å². The maximum Gasteiger partial charge on any atom is 0.453 e. The molecule has 4 rings (SSSR count). The third kappa shape index (κ3) is 5.01. The molecule has 1 aromatic heterocycles. The van der Waals surface area contributed by atoms with Crippen LogP contribution in [0.1, 0.15) is 32.8 Å². The minimum atomic E-state index is -5.08. The van der Waals surface area contributed by atoms with E-state index < -0.39 is 39.6 Å². The summed E-state index contributed by atoms with van der Waals surface area (Å²) in [5, 5.41) is 10.9. The summed E-state index contributed by atoms with van der Waals surface area (Å²) in [6, 6.07) is 12.0. The van der Waals surface area contributed by atoms with Crippen molar-refractivity contribution in [3.63, 3.8) is 0 Å². The zero-order chi connectivity index (χ0) is 27.1. The maximum absolute atomic E-state index is 13.9. The Morgan fingerprint density at radius 2 is 1.76 bits per heavy atom. The van der Waals surface area contributed by atoms with Gasteiger partial charge >= 0.3 is 12.1 Å².